The summed E-state index contributed by atoms with van der Waals surface area (Å²) in [4.78, 5) is 22.0. The Bertz CT molecular complexity index is 255. The Morgan fingerprint density at radius 1 is 1.13 bits per heavy atom. The number of likely N-dealkylation sites (tertiary alicyclic amines) is 1. The topological polar surface area (TPSA) is 89.5 Å². The van der Waals surface area contributed by atoms with Crippen molar-refractivity contribution in [1.29, 1.82) is 0 Å². The minimum absolute atomic E-state index is 0.00875. The quantitative estimate of drug-likeness (QED) is 0.395. The van der Waals surface area contributed by atoms with E-state index >= 15 is 0 Å². The monoisotopic (exact) mass is 217 g/mol. The van der Waals surface area contributed by atoms with Gasteiger partial charge in [-0.25, -0.2) is 0 Å². The molecule has 15 heavy (non-hydrogen) atoms. The predicted molar refractivity (Wildman–Crippen MR) is 52.7 cm³/mol. The summed E-state index contributed by atoms with van der Waals surface area (Å²) in [5.74, 6) is 0. The van der Waals surface area contributed by atoms with Crippen molar-refractivity contribution in [1.82, 2.24) is 4.90 Å². The van der Waals surface area contributed by atoms with E-state index < -0.39 is 15.5 Å². The van der Waals surface area contributed by atoms with E-state index in [1.165, 1.54) is 0 Å². The van der Waals surface area contributed by atoms with Gasteiger partial charge in [-0.2, -0.15) is 0 Å². The molecule has 0 spiro atoms. The van der Waals surface area contributed by atoms with Gasteiger partial charge in [0.2, 0.25) is 0 Å². The molecule has 0 unspecified atom stereocenters. The lowest BCUT2D eigenvalue weighted by atomic mass is 9.97. The highest BCUT2D eigenvalue weighted by Gasteiger charge is 2.57. The summed E-state index contributed by atoms with van der Waals surface area (Å²) in [6.45, 7) is 4.79. The van der Waals surface area contributed by atoms with Gasteiger partial charge in [0.1, 0.15) is 12.8 Å². The number of hydrogen-bond acceptors (Lipinski definition) is 5. The Labute approximate surface area is 87.4 Å². The van der Waals surface area contributed by atoms with Gasteiger partial charge >= 0.3 is 5.66 Å². The van der Waals surface area contributed by atoms with Crippen LogP contribution in [0, 0.1) is 20.2 Å². The van der Waals surface area contributed by atoms with Crippen LogP contribution in [0.15, 0.2) is 0 Å². The van der Waals surface area contributed by atoms with Crippen LogP contribution in [-0.4, -0.2) is 39.5 Å². The summed E-state index contributed by atoms with van der Waals surface area (Å²) in [5.41, 5.74) is -1.95. The van der Waals surface area contributed by atoms with Gasteiger partial charge in [0, 0.05) is 19.1 Å². The van der Waals surface area contributed by atoms with Gasteiger partial charge in [0.05, 0.1) is 9.85 Å². The average molecular weight is 217 g/mol. The van der Waals surface area contributed by atoms with Gasteiger partial charge in [-0.05, 0) is 13.8 Å². The molecule has 1 rings (SSSR count). The van der Waals surface area contributed by atoms with E-state index in [0.29, 0.717) is 13.1 Å². The zero-order valence-corrected chi connectivity index (χ0v) is 8.88. The molecular weight excluding hydrogens is 202 g/mol. The van der Waals surface area contributed by atoms with Gasteiger partial charge in [-0.3, -0.25) is 25.1 Å². The molecule has 1 fully saturated rings. The molecule has 0 atom stereocenters. The average Bonchev–Trinajstić information content (AvgIpc) is 2.17. The minimum Gasteiger partial charge on any atom is -0.300 e. The number of hydrogen-bond donors (Lipinski definition) is 0. The van der Waals surface area contributed by atoms with Crippen LogP contribution in [0.1, 0.15) is 26.7 Å². The van der Waals surface area contributed by atoms with E-state index in [0.717, 1.165) is 0 Å². The van der Waals surface area contributed by atoms with Gasteiger partial charge in [-0.15, -0.1) is 0 Å². The summed E-state index contributed by atoms with van der Waals surface area (Å²) in [6.07, 6.45) is -0.0175. The molecule has 0 amide bonds. The molecule has 0 saturated carbocycles. The van der Waals surface area contributed by atoms with Gasteiger partial charge in [0.15, 0.2) is 0 Å². The van der Waals surface area contributed by atoms with Gasteiger partial charge in [0.25, 0.3) is 0 Å². The predicted octanol–water partition coefficient (Wildman–Crippen LogP) is 0.740. The van der Waals surface area contributed by atoms with Crippen LogP contribution in [0.5, 0.6) is 0 Å². The van der Waals surface area contributed by atoms with Gasteiger partial charge in [-0.1, -0.05) is 0 Å². The maximum atomic E-state index is 10.7. The van der Waals surface area contributed by atoms with E-state index in [-0.39, 0.29) is 18.9 Å². The second-order valence-electron chi connectivity index (χ2n) is 4.13. The fourth-order valence-electron chi connectivity index (χ4n) is 1.83. The summed E-state index contributed by atoms with van der Waals surface area (Å²) < 4.78 is 0. The van der Waals surface area contributed by atoms with Crippen molar-refractivity contribution in [2.24, 2.45) is 0 Å². The van der Waals surface area contributed by atoms with Crippen LogP contribution in [-0.2, 0) is 0 Å². The molecule has 0 bridgehead atoms. The molecule has 86 valence electrons. The molecule has 1 aliphatic heterocycles. The van der Waals surface area contributed by atoms with Crippen LogP contribution in [0.2, 0.25) is 0 Å². The van der Waals surface area contributed by atoms with E-state index in [9.17, 15) is 20.2 Å². The molecule has 7 nitrogen and oxygen atoms in total. The first-order valence-corrected chi connectivity index (χ1v) is 4.93. The van der Waals surface area contributed by atoms with Crippen LogP contribution in [0.3, 0.4) is 0 Å². The summed E-state index contributed by atoms with van der Waals surface area (Å²) in [7, 11) is 0. The zero-order valence-electron chi connectivity index (χ0n) is 8.88. The maximum Gasteiger partial charge on any atom is 0.461 e. The standard InChI is InChI=1S/C8H15N3O4/c1-7(2)9-5-3-8(4-6-9,10(12)13)11(14)15/h7H,3-6H2,1-2H3. The highest BCUT2D eigenvalue weighted by molar-refractivity contribution is 4.79. The molecule has 0 aliphatic carbocycles. The van der Waals surface area contributed by atoms with E-state index in [1.54, 1.807) is 0 Å². The number of rotatable bonds is 3. The van der Waals surface area contributed by atoms with E-state index in [1.807, 2.05) is 18.7 Å². The minimum atomic E-state index is -1.95. The third kappa shape index (κ3) is 2.06. The molecule has 1 saturated heterocycles. The van der Waals surface area contributed by atoms with Crippen LogP contribution in [0.4, 0.5) is 0 Å². The Kier molecular flexibility index (Phi) is 3.23. The molecule has 1 aliphatic rings. The molecule has 1 heterocycles. The fraction of sp³-hybridized carbons (Fsp3) is 1.00. The molecule has 0 aromatic rings. The van der Waals surface area contributed by atoms with Crippen LogP contribution >= 0.6 is 0 Å². The number of nitro groups is 2. The van der Waals surface area contributed by atoms with Crippen LogP contribution in [0.25, 0.3) is 0 Å². The summed E-state index contributed by atoms with van der Waals surface area (Å²) in [5, 5.41) is 21.5. The lowest BCUT2D eigenvalue weighted by Crippen LogP contribution is -2.55. The molecule has 0 aromatic heterocycles. The normalized spacial score (nSPS) is 21.5. The second kappa shape index (κ2) is 4.09. The van der Waals surface area contributed by atoms with Crippen molar-refractivity contribution in [2.75, 3.05) is 13.1 Å². The zero-order chi connectivity index (χ0) is 11.6. The Hall–Kier alpha value is -1.24. The fourth-order valence-corrected chi connectivity index (χ4v) is 1.83. The largest absolute Gasteiger partial charge is 0.461 e. The first-order chi connectivity index (χ1) is 6.90. The van der Waals surface area contributed by atoms with E-state index in [2.05, 4.69) is 0 Å². The first kappa shape index (κ1) is 11.8. The number of piperidine rings is 1. The molecule has 7 heteroatoms. The summed E-state index contributed by atoms with van der Waals surface area (Å²) >= 11 is 0. The lowest BCUT2D eigenvalue weighted by molar-refractivity contribution is -0.800. The van der Waals surface area contributed by atoms with Crippen LogP contribution < -0.4 is 0 Å². The maximum absolute atomic E-state index is 10.7. The highest BCUT2D eigenvalue weighted by Crippen LogP contribution is 2.27. The highest BCUT2D eigenvalue weighted by atomic mass is 16.7. The Morgan fingerprint density at radius 2 is 1.53 bits per heavy atom. The lowest BCUT2D eigenvalue weighted by Gasteiger charge is -2.32. The summed E-state index contributed by atoms with van der Waals surface area (Å²) in [6, 6.07) is 0.279. The number of nitrogens with zero attached hydrogens (tertiary/aromatic N) is 3. The van der Waals surface area contributed by atoms with Crippen molar-refractivity contribution < 1.29 is 9.85 Å². The molecule has 0 N–H and O–H groups in total. The Morgan fingerprint density at radius 3 is 1.80 bits per heavy atom. The van der Waals surface area contributed by atoms with Crippen molar-refractivity contribution >= 4 is 0 Å². The van der Waals surface area contributed by atoms with Gasteiger partial charge < -0.3 is 0 Å². The van der Waals surface area contributed by atoms with E-state index in [4.69, 9.17) is 0 Å². The molecule has 0 aromatic carbocycles. The van der Waals surface area contributed by atoms with Crippen molar-refractivity contribution in [3.05, 3.63) is 20.2 Å². The smallest absolute Gasteiger partial charge is 0.300 e. The third-order valence-corrected chi connectivity index (χ3v) is 3.01. The van der Waals surface area contributed by atoms with Crippen molar-refractivity contribution in [2.45, 2.75) is 38.4 Å². The van der Waals surface area contributed by atoms with Crippen molar-refractivity contribution in [3.8, 4) is 0 Å². The SMILES string of the molecule is CC(C)N1CCC([N+](=O)[O-])([N+](=O)[O-])CC1. The molecule has 0 radical (unpaired) electrons. The molecular formula is C8H15N3O4. The second-order valence-corrected chi connectivity index (χ2v) is 4.13. The first-order valence-electron chi connectivity index (χ1n) is 4.93. The Balaban J connectivity index is 2.75. The van der Waals surface area contributed by atoms with Crippen molar-refractivity contribution in [3.63, 3.8) is 0 Å². The third-order valence-electron chi connectivity index (χ3n) is 3.01.